The molecule has 2 fully saturated rings. The molecule has 3 heteroatoms. The fraction of sp³-hybridized carbons (Fsp3) is 0.714. The molecule has 0 aromatic carbocycles. The summed E-state index contributed by atoms with van der Waals surface area (Å²) >= 11 is 1.81. The molecule has 0 spiro atoms. The fourth-order valence-electron chi connectivity index (χ4n) is 3.83. The van der Waals surface area contributed by atoms with Crippen molar-refractivity contribution in [2.75, 3.05) is 0 Å². The molecule has 1 aromatic rings. The highest BCUT2D eigenvalue weighted by Gasteiger charge is 2.41. The van der Waals surface area contributed by atoms with Gasteiger partial charge in [0.05, 0.1) is 0 Å². The zero-order valence-electron chi connectivity index (χ0n) is 10.5. The first-order chi connectivity index (χ1) is 8.24. The third-order valence-corrected chi connectivity index (χ3v) is 5.18. The van der Waals surface area contributed by atoms with Crippen LogP contribution in [0.5, 0.6) is 0 Å². The normalized spacial score (nSPS) is 35.1. The first-order valence-corrected chi connectivity index (χ1v) is 7.72. The molecule has 17 heavy (non-hydrogen) atoms. The topological polar surface area (TPSA) is 29.3 Å². The second-order valence-electron chi connectivity index (χ2n) is 5.75. The van der Waals surface area contributed by atoms with E-state index in [1.807, 2.05) is 11.3 Å². The highest BCUT2D eigenvalue weighted by molar-refractivity contribution is 7.07. The number of nitrogens with two attached hydrogens (primary N) is 1. The van der Waals surface area contributed by atoms with Crippen LogP contribution in [0.2, 0.25) is 0 Å². The number of fused-ring (bicyclic) bond motifs is 2. The molecule has 3 unspecified atom stereocenters. The molecule has 3 rings (SSSR count). The smallest absolute Gasteiger partial charge is 0.0116 e. The fourth-order valence-corrected chi connectivity index (χ4v) is 4.51. The van der Waals surface area contributed by atoms with Crippen molar-refractivity contribution in [3.8, 4) is 0 Å². The third-order valence-electron chi connectivity index (χ3n) is 4.45. The molecule has 2 N–H and O–H groups in total. The molecular weight excluding hydrogens is 228 g/mol. The van der Waals surface area contributed by atoms with Crippen molar-refractivity contribution in [2.45, 2.75) is 63.2 Å². The lowest BCUT2D eigenvalue weighted by Gasteiger charge is -2.41. The molecule has 2 aliphatic rings. The molecule has 0 saturated carbocycles. The summed E-state index contributed by atoms with van der Waals surface area (Å²) in [6.07, 6.45) is 6.36. The number of thiophene rings is 1. The summed E-state index contributed by atoms with van der Waals surface area (Å²) in [5, 5.41) is 4.47. The molecule has 94 valence electrons. The zero-order chi connectivity index (χ0) is 11.8. The maximum Gasteiger partial charge on any atom is 0.0116 e. The van der Waals surface area contributed by atoms with Gasteiger partial charge in [-0.05, 0) is 61.4 Å². The van der Waals surface area contributed by atoms with Crippen LogP contribution in [0.15, 0.2) is 16.8 Å². The highest BCUT2D eigenvalue weighted by Crippen LogP contribution is 2.37. The van der Waals surface area contributed by atoms with Gasteiger partial charge >= 0.3 is 0 Å². The number of hydrogen-bond acceptors (Lipinski definition) is 3. The van der Waals surface area contributed by atoms with E-state index in [1.54, 1.807) is 0 Å². The van der Waals surface area contributed by atoms with Crippen molar-refractivity contribution in [3.63, 3.8) is 0 Å². The molecule has 3 atom stereocenters. The van der Waals surface area contributed by atoms with Gasteiger partial charge in [0.15, 0.2) is 0 Å². The van der Waals surface area contributed by atoms with E-state index >= 15 is 0 Å². The maximum absolute atomic E-state index is 6.13. The van der Waals surface area contributed by atoms with Gasteiger partial charge in [-0.3, -0.25) is 4.90 Å². The Bertz CT molecular complexity index is 348. The lowest BCUT2D eigenvalue weighted by Crippen LogP contribution is -2.51. The van der Waals surface area contributed by atoms with Gasteiger partial charge in [0.1, 0.15) is 0 Å². The molecule has 0 amide bonds. The predicted molar refractivity (Wildman–Crippen MR) is 73.3 cm³/mol. The van der Waals surface area contributed by atoms with Gasteiger partial charge in [0.2, 0.25) is 0 Å². The average Bonchev–Trinajstić information content (AvgIpc) is 2.86. The molecule has 0 aliphatic carbocycles. The van der Waals surface area contributed by atoms with Gasteiger partial charge in [0.25, 0.3) is 0 Å². The third kappa shape index (κ3) is 2.28. The Morgan fingerprint density at radius 2 is 2.12 bits per heavy atom. The van der Waals surface area contributed by atoms with E-state index in [-0.39, 0.29) is 0 Å². The number of rotatable bonds is 3. The van der Waals surface area contributed by atoms with Crippen LogP contribution in [-0.2, 0) is 6.42 Å². The van der Waals surface area contributed by atoms with Crippen LogP contribution in [-0.4, -0.2) is 29.1 Å². The Kier molecular flexibility index (Phi) is 3.24. The largest absolute Gasteiger partial charge is 0.328 e. The van der Waals surface area contributed by atoms with E-state index in [0.29, 0.717) is 12.1 Å². The Morgan fingerprint density at radius 3 is 2.71 bits per heavy atom. The van der Waals surface area contributed by atoms with E-state index in [1.165, 1.54) is 37.7 Å². The van der Waals surface area contributed by atoms with Crippen LogP contribution in [0.4, 0.5) is 0 Å². The van der Waals surface area contributed by atoms with E-state index in [4.69, 9.17) is 5.73 Å². The first-order valence-electron chi connectivity index (χ1n) is 6.78. The van der Waals surface area contributed by atoms with Crippen LogP contribution in [0.3, 0.4) is 0 Å². The second-order valence-corrected chi connectivity index (χ2v) is 6.53. The van der Waals surface area contributed by atoms with E-state index in [0.717, 1.165) is 12.1 Å². The van der Waals surface area contributed by atoms with Gasteiger partial charge in [-0.1, -0.05) is 0 Å². The summed E-state index contributed by atoms with van der Waals surface area (Å²) in [5.74, 6) is 0. The average molecular weight is 250 g/mol. The summed E-state index contributed by atoms with van der Waals surface area (Å²) in [6.45, 7) is 2.39. The van der Waals surface area contributed by atoms with Crippen molar-refractivity contribution in [1.29, 1.82) is 0 Å². The monoisotopic (exact) mass is 250 g/mol. The minimum absolute atomic E-state index is 0.456. The van der Waals surface area contributed by atoms with Crippen molar-refractivity contribution in [2.24, 2.45) is 5.73 Å². The van der Waals surface area contributed by atoms with E-state index in [9.17, 15) is 0 Å². The minimum atomic E-state index is 0.456. The Hall–Kier alpha value is -0.380. The Balaban J connectivity index is 1.68. The second kappa shape index (κ2) is 4.71. The lowest BCUT2D eigenvalue weighted by atomic mass is 9.95. The van der Waals surface area contributed by atoms with Crippen LogP contribution >= 0.6 is 11.3 Å². The molecule has 0 radical (unpaired) electrons. The molecule has 3 heterocycles. The quantitative estimate of drug-likeness (QED) is 0.893. The number of nitrogens with zero attached hydrogens (tertiary/aromatic N) is 1. The van der Waals surface area contributed by atoms with Crippen LogP contribution in [0.1, 0.15) is 38.2 Å². The standard InChI is InChI=1S/C14H22N2S/c1-10(6-11-4-5-17-9-11)16-13-2-3-14(16)8-12(15)7-13/h4-5,9-10,12-14H,2-3,6-8,15H2,1H3. The van der Waals surface area contributed by atoms with Gasteiger partial charge in [0, 0.05) is 24.2 Å². The molecule has 2 saturated heterocycles. The van der Waals surface area contributed by atoms with Gasteiger partial charge in [-0.25, -0.2) is 0 Å². The molecule has 2 nitrogen and oxygen atoms in total. The van der Waals surface area contributed by atoms with Gasteiger partial charge < -0.3 is 5.73 Å². The molecular formula is C14H22N2S. The summed E-state index contributed by atoms with van der Waals surface area (Å²) in [4.78, 5) is 2.76. The van der Waals surface area contributed by atoms with Gasteiger partial charge in [-0.2, -0.15) is 11.3 Å². The van der Waals surface area contributed by atoms with E-state index in [2.05, 4.69) is 28.7 Å². The van der Waals surface area contributed by atoms with Crippen LogP contribution in [0.25, 0.3) is 0 Å². The SMILES string of the molecule is CC(Cc1ccsc1)N1C2CCC1CC(N)C2. The van der Waals surface area contributed by atoms with Crippen molar-refractivity contribution in [1.82, 2.24) is 4.90 Å². The summed E-state index contributed by atoms with van der Waals surface area (Å²) in [6, 6.07) is 4.92. The Morgan fingerprint density at radius 1 is 1.41 bits per heavy atom. The molecule has 2 aliphatic heterocycles. The van der Waals surface area contributed by atoms with Crippen LogP contribution in [0, 0.1) is 0 Å². The lowest BCUT2D eigenvalue weighted by molar-refractivity contribution is 0.0856. The van der Waals surface area contributed by atoms with E-state index < -0.39 is 0 Å². The summed E-state index contributed by atoms with van der Waals surface area (Å²) < 4.78 is 0. The maximum atomic E-state index is 6.13. The first kappa shape index (κ1) is 11.7. The number of piperidine rings is 1. The summed E-state index contributed by atoms with van der Waals surface area (Å²) in [5.41, 5.74) is 7.63. The van der Waals surface area contributed by atoms with Gasteiger partial charge in [-0.15, -0.1) is 0 Å². The van der Waals surface area contributed by atoms with Crippen LogP contribution < -0.4 is 5.73 Å². The zero-order valence-corrected chi connectivity index (χ0v) is 11.3. The summed E-state index contributed by atoms with van der Waals surface area (Å²) in [7, 11) is 0. The minimum Gasteiger partial charge on any atom is -0.328 e. The molecule has 1 aromatic heterocycles. The van der Waals surface area contributed by atoms with Crippen molar-refractivity contribution < 1.29 is 0 Å². The molecule has 2 bridgehead atoms. The Labute approximate surface area is 108 Å². The predicted octanol–water partition coefficient (Wildman–Crippen LogP) is 2.63. The van der Waals surface area contributed by atoms with Crippen molar-refractivity contribution >= 4 is 11.3 Å². The highest BCUT2D eigenvalue weighted by atomic mass is 32.1. The van der Waals surface area contributed by atoms with Crippen molar-refractivity contribution in [3.05, 3.63) is 22.4 Å². The number of hydrogen-bond donors (Lipinski definition) is 1.